The number of nitrogens with two attached hydrogens (primary N) is 1. The molecule has 2 aromatic heterocycles. The number of nitrogens with zero attached hydrogens (tertiary/aromatic N) is 3. The summed E-state index contributed by atoms with van der Waals surface area (Å²) in [7, 11) is 0. The van der Waals surface area contributed by atoms with E-state index in [1.165, 1.54) is 0 Å². The summed E-state index contributed by atoms with van der Waals surface area (Å²) in [6, 6.07) is 9.88. The van der Waals surface area contributed by atoms with Gasteiger partial charge in [-0.15, -0.1) is 0 Å². The van der Waals surface area contributed by atoms with Gasteiger partial charge in [0.1, 0.15) is 6.04 Å². The zero-order valence-electron chi connectivity index (χ0n) is 12.0. The van der Waals surface area contributed by atoms with E-state index < -0.39 is 0 Å². The van der Waals surface area contributed by atoms with Crippen molar-refractivity contribution < 1.29 is 0 Å². The molecular weight excluding hydrogens is 262 g/mol. The minimum absolute atomic E-state index is 0.240. The Morgan fingerprint density at radius 3 is 2.52 bits per heavy atom. The molecule has 0 spiro atoms. The van der Waals surface area contributed by atoms with E-state index in [2.05, 4.69) is 32.5 Å². The first-order chi connectivity index (χ1) is 10.2. The molecule has 3 N–H and O–H groups in total. The molecule has 1 aromatic carbocycles. The van der Waals surface area contributed by atoms with E-state index in [0.717, 1.165) is 27.7 Å². The van der Waals surface area contributed by atoms with Gasteiger partial charge >= 0.3 is 0 Å². The van der Waals surface area contributed by atoms with Crippen molar-refractivity contribution in [3.05, 3.63) is 65.4 Å². The number of hydrogen-bond acceptors (Lipinski definition) is 5. The fourth-order valence-electron chi connectivity index (χ4n) is 2.30. The number of hydrogen-bond donors (Lipinski definition) is 2. The molecule has 1 atom stereocenters. The molecule has 106 valence electrons. The van der Waals surface area contributed by atoms with Gasteiger partial charge in [0.05, 0.1) is 5.52 Å². The number of rotatable bonds is 3. The number of fused-ring (bicyclic) bond motifs is 1. The van der Waals surface area contributed by atoms with Gasteiger partial charge < -0.3 is 0 Å². The molecule has 5 heteroatoms. The number of pyridine rings is 1. The fourth-order valence-corrected chi connectivity index (χ4v) is 2.30. The minimum atomic E-state index is -0.240. The zero-order chi connectivity index (χ0) is 14.8. The molecular formula is C16H17N5. The molecule has 5 nitrogen and oxygen atoms in total. The molecule has 0 amide bonds. The van der Waals surface area contributed by atoms with Crippen molar-refractivity contribution in [1.29, 1.82) is 0 Å². The number of hydrazine groups is 1. The predicted octanol–water partition coefficient (Wildman–Crippen LogP) is 2.19. The Labute approximate surface area is 123 Å². The van der Waals surface area contributed by atoms with Gasteiger partial charge in [-0.25, -0.2) is 15.4 Å². The fraction of sp³-hybridized carbons (Fsp3) is 0.188. The first-order valence-corrected chi connectivity index (χ1v) is 6.79. The molecule has 0 saturated carbocycles. The molecule has 0 aliphatic carbocycles. The summed E-state index contributed by atoms with van der Waals surface area (Å²) in [4.78, 5) is 13.2. The van der Waals surface area contributed by atoms with Crippen LogP contribution in [0.1, 0.15) is 28.7 Å². The quantitative estimate of drug-likeness (QED) is 0.567. The van der Waals surface area contributed by atoms with E-state index >= 15 is 0 Å². The Balaban J connectivity index is 2.04. The Morgan fingerprint density at radius 2 is 1.81 bits per heavy atom. The summed E-state index contributed by atoms with van der Waals surface area (Å²) in [5.41, 5.74) is 6.80. The molecule has 3 rings (SSSR count). The third-order valence-corrected chi connectivity index (χ3v) is 3.41. The van der Waals surface area contributed by atoms with Crippen molar-refractivity contribution in [1.82, 2.24) is 20.4 Å². The second kappa shape index (κ2) is 5.55. The summed E-state index contributed by atoms with van der Waals surface area (Å²) >= 11 is 0. The number of benzene rings is 1. The molecule has 0 aliphatic heterocycles. The third kappa shape index (κ3) is 2.74. The van der Waals surface area contributed by atoms with Gasteiger partial charge in [-0.2, -0.15) is 0 Å². The first kappa shape index (κ1) is 13.6. The Kier molecular flexibility index (Phi) is 3.60. The van der Waals surface area contributed by atoms with Gasteiger partial charge in [0.2, 0.25) is 0 Å². The smallest absolute Gasteiger partial charge is 0.150 e. The Bertz CT molecular complexity index is 767. The second-order valence-corrected chi connectivity index (χ2v) is 5.12. The molecule has 0 saturated heterocycles. The third-order valence-electron chi connectivity index (χ3n) is 3.41. The maximum absolute atomic E-state index is 5.70. The highest BCUT2D eigenvalue weighted by atomic mass is 15.2. The summed E-state index contributed by atoms with van der Waals surface area (Å²) in [5.74, 6) is 6.35. The highest BCUT2D eigenvalue weighted by Gasteiger charge is 2.15. The Morgan fingerprint density at radius 1 is 1.05 bits per heavy atom. The van der Waals surface area contributed by atoms with Crippen LogP contribution in [0.15, 0.2) is 42.7 Å². The first-order valence-electron chi connectivity index (χ1n) is 6.79. The molecule has 21 heavy (non-hydrogen) atoms. The summed E-state index contributed by atoms with van der Waals surface area (Å²) in [6.07, 6.45) is 3.58. The number of aryl methyl sites for hydroxylation is 2. The molecule has 1 unspecified atom stereocenters. The van der Waals surface area contributed by atoms with E-state index in [-0.39, 0.29) is 6.04 Å². The largest absolute Gasteiger partial charge is 0.270 e. The van der Waals surface area contributed by atoms with Gasteiger partial charge in [0, 0.05) is 23.5 Å². The van der Waals surface area contributed by atoms with E-state index in [4.69, 9.17) is 5.84 Å². The van der Waals surface area contributed by atoms with Gasteiger partial charge in [-0.3, -0.25) is 10.8 Å². The number of aromatic nitrogens is 3. The lowest BCUT2D eigenvalue weighted by molar-refractivity contribution is 0.601. The van der Waals surface area contributed by atoms with E-state index in [1.807, 2.05) is 32.0 Å². The van der Waals surface area contributed by atoms with Crippen molar-refractivity contribution in [3.8, 4) is 0 Å². The summed E-state index contributed by atoms with van der Waals surface area (Å²) in [5, 5.41) is 1.07. The average molecular weight is 279 g/mol. The van der Waals surface area contributed by atoms with Gasteiger partial charge in [0.15, 0.2) is 5.82 Å². The standard InChI is InChI=1S/C16H17N5/c1-10-8-18-16(19-9-10)15(21-17)13-5-6-14-12(7-13)4-3-11(2)20-14/h3-9,15,21H,17H2,1-2H3. The second-order valence-electron chi connectivity index (χ2n) is 5.12. The summed E-state index contributed by atoms with van der Waals surface area (Å²) in [6.45, 7) is 3.94. The molecule has 3 aromatic rings. The zero-order valence-corrected chi connectivity index (χ0v) is 12.0. The van der Waals surface area contributed by atoms with Crippen molar-refractivity contribution in [2.24, 2.45) is 5.84 Å². The van der Waals surface area contributed by atoms with Crippen LogP contribution in [0.5, 0.6) is 0 Å². The van der Waals surface area contributed by atoms with Crippen LogP contribution in [0.25, 0.3) is 10.9 Å². The van der Waals surface area contributed by atoms with Crippen molar-refractivity contribution >= 4 is 10.9 Å². The van der Waals surface area contributed by atoms with Crippen LogP contribution >= 0.6 is 0 Å². The van der Waals surface area contributed by atoms with E-state index in [0.29, 0.717) is 5.82 Å². The minimum Gasteiger partial charge on any atom is -0.270 e. The predicted molar refractivity (Wildman–Crippen MR) is 82.4 cm³/mol. The van der Waals surface area contributed by atoms with E-state index in [1.54, 1.807) is 12.4 Å². The lowest BCUT2D eigenvalue weighted by Crippen LogP contribution is -2.30. The van der Waals surface area contributed by atoms with Crippen molar-refractivity contribution in [2.45, 2.75) is 19.9 Å². The highest BCUT2D eigenvalue weighted by molar-refractivity contribution is 5.79. The van der Waals surface area contributed by atoms with E-state index in [9.17, 15) is 0 Å². The van der Waals surface area contributed by atoms with Crippen molar-refractivity contribution in [2.75, 3.05) is 0 Å². The molecule has 0 aliphatic rings. The van der Waals surface area contributed by atoms with Gasteiger partial charge in [-0.05, 0) is 43.2 Å². The van der Waals surface area contributed by atoms with Crippen LogP contribution in [-0.4, -0.2) is 15.0 Å². The normalized spacial score (nSPS) is 12.5. The van der Waals surface area contributed by atoms with Crippen LogP contribution in [0, 0.1) is 13.8 Å². The Hall–Kier alpha value is -2.37. The highest BCUT2D eigenvalue weighted by Crippen LogP contribution is 2.22. The topological polar surface area (TPSA) is 76.7 Å². The van der Waals surface area contributed by atoms with Crippen LogP contribution < -0.4 is 11.3 Å². The van der Waals surface area contributed by atoms with Gasteiger partial charge in [0.25, 0.3) is 0 Å². The molecule has 2 heterocycles. The van der Waals surface area contributed by atoms with Crippen molar-refractivity contribution in [3.63, 3.8) is 0 Å². The molecule has 0 radical (unpaired) electrons. The number of nitrogens with one attached hydrogen (secondary N) is 1. The summed E-state index contributed by atoms with van der Waals surface area (Å²) < 4.78 is 0. The van der Waals surface area contributed by atoms with Crippen LogP contribution in [-0.2, 0) is 0 Å². The van der Waals surface area contributed by atoms with Crippen LogP contribution in [0.4, 0.5) is 0 Å². The molecule has 0 fully saturated rings. The van der Waals surface area contributed by atoms with Crippen LogP contribution in [0.2, 0.25) is 0 Å². The maximum atomic E-state index is 5.70. The maximum Gasteiger partial charge on any atom is 0.150 e. The molecule has 0 bridgehead atoms. The monoisotopic (exact) mass is 279 g/mol. The SMILES string of the molecule is Cc1cnc(C(NN)c2ccc3nc(C)ccc3c2)nc1. The van der Waals surface area contributed by atoms with Gasteiger partial charge in [-0.1, -0.05) is 12.1 Å². The lowest BCUT2D eigenvalue weighted by Gasteiger charge is -2.15. The lowest BCUT2D eigenvalue weighted by atomic mass is 10.0. The average Bonchev–Trinajstić information content (AvgIpc) is 2.50. The van der Waals surface area contributed by atoms with Crippen LogP contribution in [0.3, 0.4) is 0 Å².